The monoisotopic (exact) mass is 516 g/mol. The number of hydrogen-bond donors (Lipinski definition) is 1. The Kier molecular flexibility index (Phi) is 8.95. The van der Waals surface area contributed by atoms with E-state index in [0.29, 0.717) is 35.5 Å². The molecule has 0 saturated carbocycles. The van der Waals surface area contributed by atoms with Gasteiger partial charge in [-0.05, 0) is 72.6 Å². The SMILES string of the molecule is CCOc1cc(/C=N\NC(=O)COc2ccc(Br)cc2)ccc1OCc1ccc(Cl)cc1. The summed E-state index contributed by atoms with van der Waals surface area (Å²) in [5, 5.41) is 4.66. The van der Waals surface area contributed by atoms with Gasteiger partial charge in [0.25, 0.3) is 5.91 Å². The first-order valence-electron chi connectivity index (χ1n) is 9.88. The van der Waals surface area contributed by atoms with Crippen LogP contribution in [0.25, 0.3) is 0 Å². The van der Waals surface area contributed by atoms with E-state index in [-0.39, 0.29) is 12.5 Å². The van der Waals surface area contributed by atoms with Crippen molar-refractivity contribution in [3.05, 3.63) is 87.4 Å². The molecule has 0 radical (unpaired) electrons. The van der Waals surface area contributed by atoms with Gasteiger partial charge in [0.15, 0.2) is 18.1 Å². The Labute approximate surface area is 200 Å². The van der Waals surface area contributed by atoms with Gasteiger partial charge in [-0.3, -0.25) is 4.79 Å². The van der Waals surface area contributed by atoms with Crippen molar-refractivity contribution in [3.63, 3.8) is 0 Å². The highest BCUT2D eigenvalue weighted by atomic mass is 79.9. The third-order valence-electron chi connectivity index (χ3n) is 4.16. The molecule has 6 nitrogen and oxygen atoms in total. The molecule has 0 saturated heterocycles. The van der Waals surface area contributed by atoms with Crippen molar-refractivity contribution < 1.29 is 19.0 Å². The van der Waals surface area contributed by atoms with Crippen molar-refractivity contribution in [3.8, 4) is 17.2 Å². The van der Waals surface area contributed by atoms with Gasteiger partial charge in [-0.1, -0.05) is 39.7 Å². The van der Waals surface area contributed by atoms with Crippen LogP contribution in [0.4, 0.5) is 0 Å². The highest BCUT2D eigenvalue weighted by Gasteiger charge is 2.07. The van der Waals surface area contributed by atoms with Crippen molar-refractivity contribution in [2.24, 2.45) is 5.10 Å². The zero-order valence-corrected chi connectivity index (χ0v) is 19.7. The predicted molar refractivity (Wildman–Crippen MR) is 129 cm³/mol. The van der Waals surface area contributed by atoms with E-state index in [9.17, 15) is 4.79 Å². The number of halogens is 2. The second kappa shape index (κ2) is 12.1. The standard InChI is InChI=1S/C24H22BrClN2O4/c1-2-30-23-13-18(5-12-22(23)32-15-17-3-8-20(26)9-4-17)14-27-28-24(29)16-31-21-10-6-19(25)7-11-21/h3-14H,2,15-16H2,1H3,(H,28,29)/b27-14-. The van der Waals surface area contributed by atoms with Gasteiger partial charge in [-0.15, -0.1) is 0 Å². The summed E-state index contributed by atoms with van der Waals surface area (Å²) in [6.45, 7) is 2.64. The van der Waals surface area contributed by atoms with Crippen LogP contribution in [0.1, 0.15) is 18.1 Å². The molecule has 3 aromatic carbocycles. The molecule has 0 fully saturated rings. The Balaban J connectivity index is 1.54. The first-order valence-corrected chi connectivity index (χ1v) is 11.0. The number of ether oxygens (including phenoxy) is 3. The normalized spacial score (nSPS) is 10.7. The number of rotatable bonds is 10. The van der Waals surface area contributed by atoms with Gasteiger partial charge in [0, 0.05) is 9.50 Å². The summed E-state index contributed by atoms with van der Waals surface area (Å²) in [5.74, 6) is 1.45. The summed E-state index contributed by atoms with van der Waals surface area (Å²) in [6.07, 6.45) is 1.53. The van der Waals surface area contributed by atoms with Crippen LogP contribution in [-0.2, 0) is 11.4 Å². The highest BCUT2D eigenvalue weighted by molar-refractivity contribution is 9.10. The molecule has 0 aromatic heterocycles. The van der Waals surface area contributed by atoms with E-state index in [1.165, 1.54) is 6.21 Å². The molecule has 3 rings (SSSR count). The lowest BCUT2D eigenvalue weighted by atomic mass is 10.2. The zero-order valence-electron chi connectivity index (χ0n) is 17.4. The first kappa shape index (κ1) is 23.6. The van der Waals surface area contributed by atoms with Crippen LogP contribution in [-0.4, -0.2) is 25.3 Å². The molecule has 0 spiro atoms. The van der Waals surface area contributed by atoms with E-state index < -0.39 is 0 Å². The molecular formula is C24H22BrClN2O4. The number of benzene rings is 3. The van der Waals surface area contributed by atoms with E-state index in [1.807, 2.05) is 49.4 Å². The average molecular weight is 518 g/mol. The molecule has 0 bridgehead atoms. The summed E-state index contributed by atoms with van der Waals surface area (Å²) < 4.78 is 17.9. The minimum Gasteiger partial charge on any atom is -0.490 e. The van der Waals surface area contributed by atoms with Crippen LogP contribution < -0.4 is 19.6 Å². The largest absolute Gasteiger partial charge is 0.490 e. The van der Waals surface area contributed by atoms with Crippen molar-refractivity contribution in [2.75, 3.05) is 13.2 Å². The molecule has 0 aliphatic carbocycles. The van der Waals surface area contributed by atoms with Crippen LogP contribution in [0.15, 0.2) is 76.3 Å². The molecule has 0 aliphatic rings. The molecular weight excluding hydrogens is 496 g/mol. The molecule has 166 valence electrons. The van der Waals surface area contributed by atoms with Crippen LogP contribution in [0.3, 0.4) is 0 Å². The Morgan fingerprint density at radius 2 is 1.75 bits per heavy atom. The fourth-order valence-electron chi connectivity index (χ4n) is 2.63. The number of carbonyl (C=O) groups is 1. The summed E-state index contributed by atoms with van der Waals surface area (Å²) in [6, 6.07) is 20.1. The quantitative estimate of drug-likeness (QED) is 0.280. The summed E-state index contributed by atoms with van der Waals surface area (Å²) in [5.41, 5.74) is 4.19. The highest BCUT2D eigenvalue weighted by Crippen LogP contribution is 2.29. The van der Waals surface area contributed by atoms with Gasteiger partial charge in [0.05, 0.1) is 12.8 Å². The molecule has 0 atom stereocenters. The van der Waals surface area contributed by atoms with Crippen LogP contribution in [0, 0.1) is 0 Å². The Morgan fingerprint density at radius 1 is 1.00 bits per heavy atom. The number of hydrazone groups is 1. The topological polar surface area (TPSA) is 69.2 Å². The molecule has 32 heavy (non-hydrogen) atoms. The second-order valence-corrected chi connectivity index (χ2v) is 7.94. The first-order chi connectivity index (χ1) is 15.5. The van der Waals surface area contributed by atoms with Crippen LogP contribution in [0.2, 0.25) is 5.02 Å². The van der Waals surface area contributed by atoms with E-state index in [1.54, 1.807) is 24.3 Å². The van der Waals surface area contributed by atoms with E-state index >= 15 is 0 Å². The Morgan fingerprint density at radius 3 is 2.47 bits per heavy atom. The molecule has 3 aromatic rings. The molecule has 0 aliphatic heterocycles. The van der Waals surface area contributed by atoms with Crippen LogP contribution in [0.5, 0.6) is 17.2 Å². The summed E-state index contributed by atoms with van der Waals surface area (Å²) in [7, 11) is 0. The number of hydrogen-bond acceptors (Lipinski definition) is 5. The molecule has 0 unspecified atom stereocenters. The molecule has 0 heterocycles. The van der Waals surface area contributed by atoms with E-state index in [4.69, 9.17) is 25.8 Å². The number of amides is 1. The number of nitrogens with zero attached hydrogens (tertiary/aromatic N) is 1. The molecule has 1 amide bonds. The fraction of sp³-hybridized carbons (Fsp3) is 0.167. The minimum absolute atomic E-state index is 0.138. The van der Waals surface area contributed by atoms with Gasteiger partial charge in [-0.2, -0.15) is 5.10 Å². The lowest BCUT2D eigenvalue weighted by Gasteiger charge is -2.12. The maximum Gasteiger partial charge on any atom is 0.277 e. The Bertz CT molecular complexity index is 1060. The molecule has 1 N–H and O–H groups in total. The maximum atomic E-state index is 11.9. The van der Waals surface area contributed by atoms with Gasteiger partial charge >= 0.3 is 0 Å². The third kappa shape index (κ3) is 7.59. The van der Waals surface area contributed by atoms with Gasteiger partial charge in [0.2, 0.25) is 0 Å². The van der Waals surface area contributed by atoms with Crippen molar-refractivity contribution in [2.45, 2.75) is 13.5 Å². The zero-order chi connectivity index (χ0) is 22.8. The second-order valence-electron chi connectivity index (χ2n) is 6.59. The van der Waals surface area contributed by atoms with Crippen LogP contribution >= 0.6 is 27.5 Å². The van der Waals surface area contributed by atoms with Crippen molar-refractivity contribution in [1.29, 1.82) is 0 Å². The fourth-order valence-corrected chi connectivity index (χ4v) is 3.02. The maximum absolute atomic E-state index is 11.9. The van der Waals surface area contributed by atoms with Crippen molar-refractivity contribution >= 4 is 39.7 Å². The summed E-state index contributed by atoms with van der Waals surface area (Å²) >= 11 is 9.26. The van der Waals surface area contributed by atoms with E-state index in [2.05, 4.69) is 26.5 Å². The number of nitrogens with one attached hydrogen (secondary N) is 1. The predicted octanol–water partition coefficient (Wildman–Crippen LogP) is 5.61. The number of carbonyl (C=O) groups excluding carboxylic acids is 1. The smallest absolute Gasteiger partial charge is 0.277 e. The van der Waals surface area contributed by atoms with Gasteiger partial charge < -0.3 is 14.2 Å². The average Bonchev–Trinajstić information content (AvgIpc) is 2.79. The van der Waals surface area contributed by atoms with Crippen molar-refractivity contribution in [1.82, 2.24) is 5.43 Å². The minimum atomic E-state index is -0.364. The van der Waals surface area contributed by atoms with Gasteiger partial charge in [0.1, 0.15) is 12.4 Å². The summed E-state index contributed by atoms with van der Waals surface area (Å²) in [4.78, 5) is 11.9. The molecule has 8 heteroatoms. The lowest BCUT2D eigenvalue weighted by Crippen LogP contribution is -2.24. The van der Waals surface area contributed by atoms with E-state index in [0.717, 1.165) is 15.6 Å². The Hall–Kier alpha value is -3.03. The lowest BCUT2D eigenvalue weighted by molar-refractivity contribution is -0.123. The third-order valence-corrected chi connectivity index (χ3v) is 4.94. The van der Waals surface area contributed by atoms with Gasteiger partial charge in [-0.25, -0.2) is 5.43 Å².